The summed E-state index contributed by atoms with van der Waals surface area (Å²) in [6.45, 7) is 1.13. The number of carbonyl (C=O) groups is 2. The van der Waals surface area contributed by atoms with Crippen molar-refractivity contribution in [1.29, 1.82) is 5.26 Å². The minimum absolute atomic E-state index is 0.0599. The maximum atomic E-state index is 12.2. The van der Waals surface area contributed by atoms with Gasteiger partial charge in [-0.2, -0.15) is 5.26 Å². The van der Waals surface area contributed by atoms with Crippen LogP contribution >= 0.6 is 11.6 Å². The Hall–Kier alpha value is -3.24. The minimum Gasteiger partial charge on any atom is -0.482 e. The fourth-order valence-electron chi connectivity index (χ4n) is 2.35. The van der Waals surface area contributed by atoms with Gasteiger partial charge in [-0.3, -0.25) is 9.59 Å². The summed E-state index contributed by atoms with van der Waals surface area (Å²) in [5.74, 6) is 0.468. The number of ether oxygens (including phenoxy) is 3. The highest BCUT2D eigenvalue weighted by Crippen LogP contribution is 2.37. The van der Waals surface area contributed by atoms with E-state index in [9.17, 15) is 9.59 Å². The number of nitriles is 1. The molecule has 2 aromatic rings. The molecule has 1 amide bonds. The molecule has 1 aliphatic rings. The lowest BCUT2D eigenvalue weighted by Crippen LogP contribution is -2.21. The van der Waals surface area contributed by atoms with Crippen molar-refractivity contribution in [2.75, 3.05) is 18.7 Å². The van der Waals surface area contributed by atoms with Crippen LogP contribution in [0.2, 0.25) is 5.02 Å². The Morgan fingerprint density at radius 1 is 1.27 bits per heavy atom. The molecular weight excluding hydrogens is 360 g/mol. The first-order valence-corrected chi connectivity index (χ1v) is 7.92. The molecular formula is C18H13ClN2O5. The normalized spacial score (nSPS) is 11.6. The van der Waals surface area contributed by atoms with Gasteiger partial charge in [0.2, 0.25) is 6.79 Å². The summed E-state index contributed by atoms with van der Waals surface area (Å²) in [7, 11) is 0. The summed E-state index contributed by atoms with van der Waals surface area (Å²) in [6.07, 6.45) is 0. The molecule has 0 radical (unpaired) electrons. The molecule has 0 aromatic heterocycles. The molecule has 0 unspecified atom stereocenters. The van der Waals surface area contributed by atoms with E-state index in [2.05, 4.69) is 5.32 Å². The zero-order valence-corrected chi connectivity index (χ0v) is 14.4. The number of halogens is 1. The molecule has 3 rings (SSSR count). The highest BCUT2D eigenvalue weighted by molar-refractivity contribution is 6.32. The van der Waals surface area contributed by atoms with Gasteiger partial charge in [-0.05, 0) is 31.2 Å². The van der Waals surface area contributed by atoms with E-state index in [1.165, 1.54) is 37.3 Å². The van der Waals surface area contributed by atoms with Crippen LogP contribution in [-0.2, 0) is 4.79 Å². The second kappa shape index (κ2) is 7.33. The van der Waals surface area contributed by atoms with Gasteiger partial charge < -0.3 is 19.5 Å². The number of amides is 1. The van der Waals surface area contributed by atoms with Gasteiger partial charge in [-0.25, -0.2) is 0 Å². The van der Waals surface area contributed by atoms with E-state index in [0.717, 1.165) is 0 Å². The number of ketones is 1. The van der Waals surface area contributed by atoms with Gasteiger partial charge in [0.15, 0.2) is 23.9 Å². The average molecular weight is 373 g/mol. The van der Waals surface area contributed by atoms with E-state index >= 15 is 0 Å². The molecule has 0 spiro atoms. The molecule has 1 aliphatic heterocycles. The van der Waals surface area contributed by atoms with Crippen molar-refractivity contribution in [1.82, 2.24) is 0 Å². The number of nitrogens with one attached hydrogen (secondary N) is 1. The van der Waals surface area contributed by atoms with E-state index in [1.54, 1.807) is 0 Å². The molecule has 132 valence electrons. The Balaban J connectivity index is 1.71. The highest BCUT2D eigenvalue weighted by atomic mass is 35.5. The molecule has 0 fully saturated rings. The topological polar surface area (TPSA) is 97.7 Å². The Bertz CT molecular complexity index is 936. The lowest BCUT2D eigenvalue weighted by atomic mass is 10.1. The summed E-state index contributed by atoms with van der Waals surface area (Å²) in [5.41, 5.74) is 0.999. The third-order valence-electron chi connectivity index (χ3n) is 3.59. The zero-order valence-electron chi connectivity index (χ0n) is 13.7. The molecule has 2 aromatic carbocycles. The van der Waals surface area contributed by atoms with Crippen molar-refractivity contribution in [3.05, 3.63) is 46.5 Å². The van der Waals surface area contributed by atoms with Crippen LogP contribution in [0, 0.1) is 11.3 Å². The summed E-state index contributed by atoms with van der Waals surface area (Å²) < 4.78 is 15.9. The van der Waals surface area contributed by atoms with Crippen LogP contribution in [0.5, 0.6) is 17.2 Å². The monoisotopic (exact) mass is 372 g/mol. The van der Waals surface area contributed by atoms with Crippen LogP contribution in [0.1, 0.15) is 22.8 Å². The molecule has 0 saturated heterocycles. The van der Waals surface area contributed by atoms with Crippen LogP contribution in [0.4, 0.5) is 5.69 Å². The van der Waals surface area contributed by atoms with Crippen LogP contribution in [0.3, 0.4) is 0 Å². The molecule has 0 bridgehead atoms. The molecule has 8 heteroatoms. The second-order valence-electron chi connectivity index (χ2n) is 5.40. The van der Waals surface area contributed by atoms with Gasteiger partial charge in [0, 0.05) is 11.6 Å². The van der Waals surface area contributed by atoms with Crippen LogP contribution in [-0.4, -0.2) is 25.1 Å². The van der Waals surface area contributed by atoms with E-state index in [-0.39, 0.29) is 30.0 Å². The number of anilines is 1. The summed E-state index contributed by atoms with van der Waals surface area (Å²) in [5, 5.41) is 11.7. The number of Topliss-reactive ketones (excluding diaryl/α,β-unsaturated/α-hetero) is 1. The maximum absolute atomic E-state index is 12.2. The Labute approximate surface area is 154 Å². The maximum Gasteiger partial charge on any atom is 0.262 e. The molecule has 7 nitrogen and oxygen atoms in total. The highest BCUT2D eigenvalue weighted by Gasteiger charge is 2.20. The second-order valence-corrected chi connectivity index (χ2v) is 5.81. The first-order chi connectivity index (χ1) is 12.5. The van der Waals surface area contributed by atoms with E-state index in [1.807, 2.05) is 6.07 Å². The largest absolute Gasteiger partial charge is 0.482 e. The summed E-state index contributed by atoms with van der Waals surface area (Å²) in [4.78, 5) is 24.0. The Kier molecular flexibility index (Phi) is 4.96. The molecule has 1 N–H and O–H groups in total. The van der Waals surface area contributed by atoms with Crippen molar-refractivity contribution >= 4 is 29.0 Å². The molecule has 0 aliphatic carbocycles. The quantitative estimate of drug-likeness (QED) is 0.809. The number of nitrogens with zero attached hydrogens (tertiary/aromatic N) is 1. The molecule has 26 heavy (non-hydrogen) atoms. The van der Waals surface area contributed by atoms with E-state index < -0.39 is 5.91 Å². The van der Waals surface area contributed by atoms with Crippen molar-refractivity contribution < 1.29 is 23.8 Å². The first kappa shape index (κ1) is 17.6. The summed E-state index contributed by atoms with van der Waals surface area (Å²) >= 11 is 6.00. The van der Waals surface area contributed by atoms with Crippen LogP contribution < -0.4 is 19.5 Å². The Morgan fingerprint density at radius 2 is 2.00 bits per heavy atom. The van der Waals surface area contributed by atoms with Crippen molar-refractivity contribution in [2.24, 2.45) is 0 Å². The van der Waals surface area contributed by atoms with Crippen molar-refractivity contribution in [3.8, 4) is 23.3 Å². The standard InChI is InChI=1S/C18H13ClN2O5/c1-10(22)12-5-16-17(26-9-25-16)6-14(12)21-18(23)8-24-15-3-2-11(7-20)4-13(15)19/h2-6H,8-9H2,1H3,(H,21,23). The first-order valence-electron chi connectivity index (χ1n) is 7.55. The predicted molar refractivity (Wildman–Crippen MR) is 92.9 cm³/mol. The summed E-state index contributed by atoms with van der Waals surface area (Å²) in [6, 6.07) is 9.50. The van der Waals surface area contributed by atoms with Gasteiger partial charge in [0.1, 0.15) is 5.75 Å². The smallest absolute Gasteiger partial charge is 0.262 e. The van der Waals surface area contributed by atoms with Crippen LogP contribution in [0.25, 0.3) is 0 Å². The van der Waals surface area contributed by atoms with E-state index in [4.69, 9.17) is 31.1 Å². The predicted octanol–water partition coefficient (Wildman–Crippen LogP) is 3.16. The lowest BCUT2D eigenvalue weighted by molar-refractivity contribution is -0.118. The SMILES string of the molecule is CC(=O)c1cc2c(cc1NC(=O)COc1ccc(C#N)cc1Cl)OCO2. The molecule has 1 heterocycles. The Morgan fingerprint density at radius 3 is 2.65 bits per heavy atom. The van der Waals surface area contributed by atoms with Gasteiger partial charge in [0.05, 0.1) is 22.3 Å². The van der Waals surface area contributed by atoms with Gasteiger partial charge >= 0.3 is 0 Å². The number of carbonyl (C=O) groups excluding carboxylic acids is 2. The number of benzene rings is 2. The number of hydrogen-bond acceptors (Lipinski definition) is 6. The average Bonchev–Trinajstić information content (AvgIpc) is 3.07. The number of rotatable bonds is 5. The van der Waals surface area contributed by atoms with Crippen molar-refractivity contribution in [3.63, 3.8) is 0 Å². The van der Waals surface area contributed by atoms with Crippen molar-refractivity contribution in [2.45, 2.75) is 6.92 Å². The third kappa shape index (κ3) is 3.71. The minimum atomic E-state index is -0.480. The fourth-order valence-corrected chi connectivity index (χ4v) is 2.59. The number of fused-ring (bicyclic) bond motifs is 1. The molecule has 0 saturated carbocycles. The van der Waals surface area contributed by atoms with Gasteiger partial charge in [-0.15, -0.1) is 0 Å². The number of hydrogen-bond donors (Lipinski definition) is 1. The third-order valence-corrected chi connectivity index (χ3v) is 3.88. The molecule has 0 atom stereocenters. The van der Waals surface area contributed by atoms with E-state index in [0.29, 0.717) is 28.3 Å². The van der Waals surface area contributed by atoms with Gasteiger partial charge in [-0.1, -0.05) is 11.6 Å². The van der Waals surface area contributed by atoms with Crippen LogP contribution in [0.15, 0.2) is 30.3 Å². The fraction of sp³-hybridized carbons (Fsp3) is 0.167. The zero-order chi connectivity index (χ0) is 18.7. The van der Waals surface area contributed by atoms with Gasteiger partial charge in [0.25, 0.3) is 5.91 Å². The lowest BCUT2D eigenvalue weighted by Gasteiger charge is -2.12.